The normalized spacial score (nSPS) is 31.2. The minimum absolute atomic E-state index is 0.0876. The molecule has 2 aliphatic rings. The molecule has 6 heteroatoms. The van der Waals surface area contributed by atoms with Crippen molar-refractivity contribution < 1.29 is 13.2 Å². The average molecular weight is 296 g/mol. The Morgan fingerprint density at radius 2 is 1.95 bits per heavy atom. The van der Waals surface area contributed by atoms with Crippen LogP contribution in [0.15, 0.2) is 6.20 Å². The zero-order chi connectivity index (χ0) is 14.8. The van der Waals surface area contributed by atoms with Gasteiger partial charge in [-0.2, -0.15) is 5.10 Å². The van der Waals surface area contributed by atoms with Gasteiger partial charge < -0.3 is 0 Å². The Balaban J connectivity index is 2.08. The molecule has 0 N–H and O–H groups in total. The molecule has 5 nitrogen and oxygen atoms in total. The maximum absolute atomic E-state index is 12.2. The van der Waals surface area contributed by atoms with Crippen LogP contribution in [0.4, 0.5) is 0 Å². The molecule has 1 aromatic heterocycles. The predicted molar refractivity (Wildman–Crippen MR) is 75.6 cm³/mol. The van der Waals surface area contributed by atoms with Crippen molar-refractivity contribution in [3.63, 3.8) is 0 Å². The number of rotatable bonds is 1. The first-order valence-electron chi connectivity index (χ1n) is 6.93. The van der Waals surface area contributed by atoms with Crippen LogP contribution in [0.2, 0.25) is 0 Å². The van der Waals surface area contributed by atoms with Crippen LogP contribution in [0.1, 0.15) is 49.7 Å². The molecule has 0 spiro atoms. The SMILES string of the molecule is CC1(C)CC(=O)c2cnn(C3(C)CCS(=O)(=O)C3)c2C1. The Kier molecular flexibility index (Phi) is 2.71. The Morgan fingerprint density at radius 3 is 2.55 bits per heavy atom. The summed E-state index contributed by atoms with van der Waals surface area (Å²) in [7, 11) is -2.99. The molecular weight excluding hydrogens is 276 g/mol. The van der Waals surface area contributed by atoms with E-state index in [1.807, 2.05) is 11.6 Å². The molecule has 0 saturated carbocycles. The van der Waals surface area contributed by atoms with Crippen molar-refractivity contribution in [3.8, 4) is 0 Å². The molecule has 1 atom stereocenters. The van der Waals surface area contributed by atoms with Crippen LogP contribution in [0.5, 0.6) is 0 Å². The monoisotopic (exact) mass is 296 g/mol. The number of fused-ring (bicyclic) bond motifs is 1. The van der Waals surface area contributed by atoms with Crippen molar-refractivity contribution in [1.82, 2.24) is 9.78 Å². The third-order valence-corrected chi connectivity index (χ3v) is 6.34. The van der Waals surface area contributed by atoms with Crippen LogP contribution in [0, 0.1) is 5.41 Å². The average Bonchev–Trinajstić information content (AvgIpc) is 2.79. The van der Waals surface area contributed by atoms with Gasteiger partial charge in [0, 0.05) is 6.42 Å². The summed E-state index contributed by atoms with van der Waals surface area (Å²) in [4.78, 5) is 12.2. The van der Waals surface area contributed by atoms with Gasteiger partial charge >= 0.3 is 0 Å². The second kappa shape index (κ2) is 3.93. The first kappa shape index (κ1) is 13.8. The molecule has 1 fully saturated rings. The number of sulfone groups is 1. The van der Waals surface area contributed by atoms with Crippen LogP contribution < -0.4 is 0 Å². The lowest BCUT2D eigenvalue weighted by Crippen LogP contribution is -2.37. The van der Waals surface area contributed by atoms with Crippen LogP contribution >= 0.6 is 0 Å². The van der Waals surface area contributed by atoms with Gasteiger partial charge in [-0.3, -0.25) is 9.48 Å². The minimum Gasteiger partial charge on any atom is -0.294 e. The molecule has 1 saturated heterocycles. The van der Waals surface area contributed by atoms with Crippen molar-refractivity contribution in [2.24, 2.45) is 5.41 Å². The van der Waals surface area contributed by atoms with Crippen molar-refractivity contribution in [1.29, 1.82) is 0 Å². The molecule has 1 aliphatic carbocycles. The highest BCUT2D eigenvalue weighted by atomic mass is 32.2. The summed E-state index contributed by atoms with van der Waals surface area (Å²) in [5.74, 6) is 0.435. The summed E-state index contributed by atoms with van der Waals surface area (Å²) in [5.41, 5.74) is 0.983. The molecule has 2 heterocycles. The van der Waals surface area contributed by atoms with Crippen molar-refractivity contribution in [3.05, 3.63) is 17.5 Å². The van der Waals surface area contributed by atoms with Gasteiger partial charge in [0.1, 0.15) is 0 Å². The van der Waals surface area contributed by atoms with Crippen molar-refractivity contribution in [2.75, 3.05) is 11.5 Å². The van der Waals surface area contributed by atoms with E-state index in [0.29, 0.717) is 18.4 Å². The summed E-state index contributed by atoms with van der Waals surface area (Å²) in [5, 5.41) is 4.36. The summed E-state index contributed by atoms with van der Waals surface area (Å²) in [6.07, 6.45) is 3.48. The second-order valence-corrected chi connectivity index (χ2v) is 9.38. The maximum atomic E-state index is 12.2. The number of carbonyl (C=O) groups is 1. The Morgan fingerprint density at radius 1 is 1.25 bits per heavy atom. The highest BCUT2D eigenvalue weighted by Gasteiger charge is 2.44. The number of carbonyl (C=O) groups excluding carboxylic acids is 1. The molecule has 0 amide bonds. The molecule has 0 radical (unpaired) electrons. The van der Waals surface area contributed by atoms with E-state index < -0.39 is 15.4 Å². The van der Waals surface area contributed by atoms with Gasteiger partial charge in [-0.15, -0.1) is 0 Å². The number of hydrogen-bond acceptors (Lipinski definition) is 4. The van der Waals surface area contributed by atoms with E-state index in [-0.39, 0.29) is 22.7 Å². The molecular formula is C14H20N2O3S. The summed E-state index contributed by atoms with van der Waals surface area (Å²) in [6.45, 7) is 6.06. The zero-order valence-corrected chi connectivity index (χ0v) is 13.0. The quantitative estimate of drug-likeness (QED) is 0.789. The van der Waals surface area contributed by atoms with Crippen LogP contribution in [0.25, 0.3) is 0 Å². The number of Topliss-reactive ketones (excluding diaryl/α,β-unsaturated/α-hetero) is 1. The Bertz CT molecular complexity index is 687. The standard InChI is InChI=1S/C14H20N2O3S/c1-13(2)6-11-10(12(17)7-13)8-15-16(11)14(3)4-5-20(18,19)9-14/h8H,4-7,9H2,1-3H3. The van der Waals surface area contributed by atoms with E-state index in [1.165, 1.54) is 0 Å². The summed E-state index contributed by atoms with van der Waals surface area (Å²) < 4.78 is 25.4. The van der Waals surface area contributed by atoms with E-state index in [4.69, 9.17) is 0 Å². The molecule has 1 unspecified atom stereocenters. The number of aromatic nitrogens is 2. The van der Waals surface area contributed by atoms with Gasteiger partial charge in [0.25, 0.3) is 0 Å². The smallest absolute Gasteiger partial charge is 0.166 e. The van der Waals surface area contributed by atoms with Gasteiger partial charge in [-0.25, -0.2) is 8.42 Å². The van der Waals surface area contributed by atoms with Gasteiger partial charge in [0.15, 0.2) is 15.6 Å². The molecule has 0 aromatic carbocycles. The molecule has 1 aliphatic heterocycles. The highest BCUT2D eigenvalue weighted by Crippen LogP contribution is 2.39. The van der Waals surface area contributed by atoms with E-state index in [2.05, 4.69) is 18.9 Å². The van der Waals surface area contributed by atoms with Gasteiger partial charge in [-0.1, -0.05) is 13.8 Å². The van der Waals surface area contributed by atoms with Gasteiger partial charge in [0.2, 0.25) is 0 Å². The third-order valence-electron chi connectivity index (χ3n) is 4.45. The maximum Gasteiger partial charge on any atom is 0.166 e. The number of hydrogen-bond donors (Lipinski definition) is 0. The Labute approximate surface area is 119 Å². The minimum atomic E-state index is -2.99. The third kappa shape index (κ3) is 2.10. The van der Waals surface area contributed by atoms with Crippen LogP contribution in [-0.2, 0) is 21.8 Å². The van der Waals surface area contributed by atoms with E-state index in [9.17, 15) is 13.2 Å². The first-order valence-corrected chi connectivity index (χ1v) is 8.75. The molecule has 3 rings (SSSR count). The first-order chi connectivity index (χ1) is 9.12. The molecule has 1 aromatic rings. The number of ketones is 1. The van der Waals surface area contributed by atoms with E-state index >= 15 is 0 Å². The van der Waals surface area contributed by atoms with Crippen molar-refractivity contribution >= 4 is 15.6 Å². The van der Waals surface area contributed by atoms with Crippen LogP contribution in [0.3, 0.4) is 0 Å². The van der Waals surface area contributed by atoms with Gasteiger partial charge in [0.05, 0.1) is 34.5 Å². The molecule has 20 heavy (non-hydrogen) atoms. The van der Waals surface area contributed by atoms with Gasteiger partial charge in [-0.05, 0) is 25.2 Å². The van der Waals surface area contributed by atoms with E-state index in [0.717, 1.165) is 12.1 Å². The lowest BCUT2D eigenvalue weighted by atomic mass is 9.76. The number of nitrogens with zero attached hydrogens (tertiary/aromatic N) is 2. The molecule has 0 bridgehead atoms. The Hall–Kier alpha value is -1.17. The summed E-state index contributed by atoms with van der Waals surface area (Å²) >= 11 is 0. The highest BCUT2D eigenvalue weighted by molar-refractivity contribution is 7.91. The fourth-order valence-electron chi connectivity index (χ4n) is 3.45. The lowest BCUT2D eigenvalue weighted by Gasteiger charge is -2.32. The van der Waals surface area contributed by atoms with E-state index in [1.54, 1.807) is 6.20 Å². The fourth-order valence-corrected chi connectivity index (χ4v) is 5.56. The lowest BCUT2D eigenvalue weighted by molar-refractivity contribution is 0.0907. The summed E-state index contributed by atoms with van der Waals surface area (Å²) in [6, 6.07) is 0. The van der Waals surface area contributed by atoms with Crippen LogP contribution in [-0.4, -0.2) is 35.5 Å². The largest absolute Gasteiger partial charge is 0.294 e. The second-order valence-electron chi connectivity index (χ2n) is 7.20. The topological polar surface area (TPSA) is 69.0 Å². The predicted octanol–water partition coefficient (Wildman–Crippen LogP) is 1.57. The zero-order valence-electron chi connectivity index (χ0n) is 12.1. The fraction of sp³-hybridized carbons (Fsp3) is 0.714. The van der Waals surface area contributed by atoms with Crippen molar-refractivity contribution in [2.45, 2.75) is 45.6 Å². The molecule has 110 valence electrons.